The Kier molecular flexibility index (Phi) is 4.57. The lowest BCUT2D eigenvalue weighted by molar-refractivity contribution is 0.542. The van der Waals surface area contributed by atoms with Crippen molar-refractivity contribution in [1.82, 2.24) is 14.8 Å². The summed E-state index contributed by atoms with van der Waals surface area (Å²) in [5.74, 6) is -0.219. The summed E-state index contributed by atoms with van der Waals surface area (Å²) in [5.41, 5.74) is 1.83. The van der Waals surface area contributed by atoms with Crippen LogP contribution in [0.1, 0.15) is 11.3 Å². The van der Waals surface area contributed by atoms with Gasteiger partial charge in [0.05, 0.1) is 18.4 Å². The molecule has 2 aromatic heterocycles. The molecule has 0 N–H and O–H groups in total. The van der Waals surface area contributed by atoms with Gasteiger partial charge in [-0.3, -0.25) is 4.79 Å². The maximum atomic E-state index is 13.5. The molecule has 4 aromatic rings. The van der Waals surface area contributed by atoms with Crippen molar-refractivity contribution in [3.05, 3.63) is 94.1 Å². The van der Waals surface area contributed by atoms with Crippen LogP contribution < -0.4 is 5.56 Å². The molecule has 0 unspecified atom stereocenters. The van der Waals surface area contributed by atoms with Crippen molar-refractivity contribution in [3.8, 4) is 22.7 Å². The Morgan fingerprint density at radius 2 is 1.79 bits per heavy atom. The number of nitrogens with zero attached hydrogens (tertiary/aromatic N) is 3. The molecule has 0 saturated carbocycles. The van der Waals surface area contributed by atoms with Crippen LogP contribution in [-0.2, 0) is 6.54 Å². The second-order valence-electron chi connectivity index (χ2n) is 6.35. The molecule has 140 valence electrons. The van der Waals surface area contributed by atoms with Crippen LogP contribution in [0.3, 0.4) is 0 Å². The van der Waals surface area contributed by atoms with Gasteiger partial charge in [-0.2, -0.15) is 5.10 Å². The molecule has 0 aliphatic carbocycles. The van der Waals surface area contributed by atoms with E-state index in [1.165, 1.54) is 28.9 Å². The minimum absolute atomic E-state index is 0.192. The zero-order valence-electron chi connectivity index (χ0n) is 14.9. The first-order chi connectivity index (χ1) is 13.5. The predicted molar refractivity (Wildman–Crippen MR) is 99.6 cm³/mol. The minimum atomic E-state index is -0.705. The van der Waals surface area contributed by atoms with Gasteiger partial charge in [0, 0.05) is 23.3 Å². The summed E-state index contributed by atoms with van der Waals surface area (Å²) in [7, 11) is 0. The smallest absolute Gasteiger partial charge is 0.267 e. The van der Waals surface area contributed by atoms with Gasteiger partial charge in [-0.1, -0.05) is 12.1 Å². The molecule has 0 atom stereocenters. The summed E-state index contributed by atoms with van der Waals surface area (Å²) in [4.78, 5) is 16.4. The lowest BCUT2D eigenvalue weighted by Crippen LogP contribution is -2.22. The van der Waals surface area contributed by atoms with Crippen LogP contribution in [0, 0.1) is 18.6 Å². The van der Waals surface area contributed by atoms with Crippen LogP contribution in [0.4, 0.5) is 8.78 Å². The van der Waals surface area contributed by atoms with Crippen LogP contribution in [0.2, 0.25) is 0 Å². The lowest BCUT2D eigenvalue weighted by Gasteiger charge is -2.08. The normalized spacial score (nSPS) is 11.0. The average molecular weight is 379 g/mol. The SMILES string of the molecule is Cc1cnc(-c2cccc(Cn3nc(-c4cc(F)cc(F)c4)ccc3=O)c2)o1. The summed E-state index contributed by atoms with van der Waals surface area (Å²) in [5, 5.41) is 4.26. The first-order valence-corrected chi connectivity index (χ1v) is 8.54. The molecule has 0 saturated heterocycles. The highest BCUT2D eigenvalue weighted by molar-refractivity contribution is 5.58. The van der Waals surface area contributed by atoms with Crippen molar-refractivity contribution in [1.29, 1.82) is 0 Å². The van der Waals surface area contributed by atoms with Gasteiger partial charge in [-0.05, 0) is 42.8 Å². The number of oxazole rings is 1. The maximum Gasteiger partial charge on any atom is 0.267 e. The Morgan fingerprint density at radius 3 is 2.50 bits per heavy atom. The molecule has 2 aromatic carbocycles. The fourth-order valence-electron chi connectivity index (χ4n) is 2.88. The highest BCUT2D eigenvalue weighted by atomic mass is 19.1. The summed E-state index contributed by atoms with van der Waals surface area (Å²) in [6.07, 6.45) is 1.63. The third-order valence-corrected chi connectivity index (χ3v) is 4.15. The van der Waals surface area contributed by atoms with Crippen molar-refractivity contribution in [2.45, 2.75) is 13.5 Å². The Hall–Kier alpha value is -3.61. The van der Waals surface area contributed by atoms with Gasteiger partial charge >= 0.3 is 0 Å². The van der Waals surface area contributed by atoms with E-state index in [0.29, 0.717) is 17.3 Å². The molecule has 0 spiro atoms. The number of rotatable bonds is 4. The molecule has 0 bridgehead atoms. The molecular formula is C21H15F2N3O2. The van der Waals surface area contributed by atoms with E-state index in [1.54, 1.807) is 6.20 Å². The van der Waals surface area contributed by atoms with Gasteiger partial charge in [-0.15, -0.1) is 0 Å². The minimum Gasteiger partial charge on any atom is -0.441 e. The van der Waals surface area contributed by atoms with Crippen LogP contribution in [-0.4, -0.2) is 14.8 Å². The Morgan fingerprint density at radius 1 is 1.00 bits per heavy atom. The standard InChI is InChI=1S/C21H15F2N3O2/c1-13-11-24-21(28-13)15-4-2-3-14(7-15)12-26-20(27)6-5-19(25-26)16-8-17(22)10-18(23)9-16/h2-11H,12H2,1H3. The molecule has 0 aliphatic heterocycles. The molecule has 5 nitrogen and oxygen atoms in total. The highest BCUT2D eigenvalue weighted by Crippen LogP contribution is 2.21. The third kappa shape index (κ3) is 3.73. The summed E-state index contributed by atoms with van der Waals surface area (Å²) in [6.45, 7) is 2.00. The van der Waals surface area contributed by atoms with E-state index in [9.17, 15) is 13.6 Å². The van der Waals surface area contributed by atoms with Crippen molar-refractivity contribution in [2.24, 2.45) is 0 Å². The van der Waals surface area contributed by atoms with E-state index in [4.69, 9.17) is 4.42 Å². The number of hydrogen-bond acceptors (Lipinski definition) is 4. The van der Waals surface area contributed by atoms with Crippen LogP contribution in [0.15, 0.2) is 70.0 Å². The second-order valence-corrected chi connectivity index (χ2v) is 6.35. The van der Waals surface area contributed by atoms with Crippen molar-refractivity contribution in [2.75, 3.05) is 0 Å². The summed E-state index contributed by atoms with van der Waals surface area (Å²) >= 11 is 0. The molecule has 0 aliphatic rings. The van der Waals surface area contributed by atoms with E-state index < -0.39 is 11.6 Å². The second kappa shape index (κ2) is 7.19. The maximum absolute atomic E-state index is 13.5. The van der Waals surface area contributed by atoms with E-state index >= 15 is 0 Å². The molecule has 2 heterocycles. The number of halogens is 2. The van der Waals surface area contributed by atoms with E-state index in [-0.39, 0.29) is 17.7 Å². The fraction of sp³-hybridized carbons (Fsp3) is 0.0952. The average Bonchev–Trinajstić information content (AvgIpc) is 3.09. The fourth-order valence-corrected chi connectivity index (χ4v) is 2.88. The number of aryl methyl sites for hydroxylation is 1. The quantitative estimate of drug-likeness (QED) is 0.533. The molecule has 28 heavy (non-hydrogen) atoms. The van der Waals surface area contributed by atoms with Crippen LogP contribution in [0.5, 0.6) is 0 Å². The summed E-state index contributed by atoms with van der Waals surface area (Å²) < 4.78 is 33.8. The zero-order chi connectivity index (χ0) is 19.7. The monoisotopic (exact) mass is 379 g/mol. The Labute approximate surface area is 158 Å². The van der Waals surface area contributed by atoms with E-state index in [1.807, 2.05) is 31.2 Å². The first kappa shape index (κ1) is 17.8. The molecule has 7 heteroatoms. The van der Waals surface area contributed by atoms with Gasteiger partial charge in [0.1, 0.15) is 17.4 Å². The van der Waals surface area contributed by atoms with E-state index in [2.05, 4.69) is 10.1 Å². The first-order valence-electron chi connectivity index (χ1n) is 8.54. The summed E-state index contributed by atoms with van der Waals surface area (Å²) in [6, 6.07) is 13.3. The van der Waals surface area contributed by atoms with Gasteiger partial charge in [0.2, 0.25) is 5.89 Å². The van der Waals surface area contributed by atoms with E-state index in [0.717, 1.165) is 17.2 Å². The van der Waals surface area contributed by atoms with Gasteiger partial charge in [0.15, 0.2) is 0 Å². The number of hydrogen-bond donors (Lipinski definition) is 0. The topological polar surface area (TPSA) is 60.9 Å². The molecule has 0 radical (unpaired) electrons. The Balaban J connectivity index is 1.68. The number of benzene rings is 2. The molecule has 0 fully saturated rings. The largest absolute Gasteiger partial charge is 0.441 e. The zero-order valence-corrected chi connectivity index (χ0v) is 14.9. The molecule has 4 rings (SSSR count). The van der Waals surface area contributed by atoms with Crippen molar-refractivity contribution < 1.29 is 13.2 Å². The van der Waals surface area contributed by atoms with Crippen LogP contribution in [0.25, 0.3) is 22.7 Å². The van der Waals surface area contributed by atoms with Gasteiger partial charge < -0.3 is 4.42 Å². The van der Waals surface area contributed by atoms with Gasteiger partial charge in [-0.25, -0.2) is 18.4 Å². The lowest BCUT2D eigenvalue weighted by atomic mass is 10.1. The molecule has 0 amide bonds. The van der Waals surface area contributed by atoms with Crippen molar-refractivity contribution >= 4 is 0 Å². The number of aromatic nitrogens is 3. The molecular weight excluding hydrogens is 364 g/mol. The highest BCUT2D eigenvalue weighted by Gasteiger charge is 2.09. The van der Waals surface area contributed by atoms with Crippen molar-refractivity contribution in [3.63, 3.8) is 0 Å². The predicted octanol–water partition coefficient (Wildman–Crippen LogP) is 4.20. The Bertz CT molecular complexity index is 1190. The van der Waals surface area contributed by atoms with Gasteiger partial charge in [0.25, 0.3) is 5.56 Å². The third-order valence-electron chi connectivity index (χ3n) is 4.15. The van der Waals surface area contributed by atoms with Crippen LogP contribution >= 0.6 is 0 Å².